The Balaban J connectivity index is 2.61. The molecule has 0 spiro atoms. The molecule has 0 bridgehead atoms. The molecule has 3 nitrogen and oxygen atoms in total. The maximum Gasteiger partial charge on any atom is 0.330 e. The van der Waals surface area contributed by atoms with Gasteiger partial charge < -0.3 is 9.47 Å². The van der Waals surface area contributed by atoms with E-state index in [9.17, 15) is 4.79 Å². The van der Waals surface area contributed by atoms with Crippen molar-refractivity contribution in [2.24, 2.45) is 5.92 Å². The van der Waals surface area contributed by atoms with Gasteiger partial charge in [-0.05, 0) is 45.3 Å². The zero-order chi connectivity index (χ0) is 18.0. The molecule has 134 valence electrons. The van der Waals surface area contributed by atoms with Gasteiger partial charge in [-0.15, -0.1) is 0 Å². The molecular formula is C21H32O3. The molecule has 1 aromatic carbocycles. The number of esters is 1. The highest BCUT2D eigenvalue weighted by Crippen LogP contribution is 2.24. The quantitative estimate of drug-likeness (QED) is 0.434. The van der Waals surface area contributed by atoms with E-state index in [0.29, 0.717) is 12.5 Å². The Labute approximate surface area is 147 Å². The zero-order valence-corrected chi connectivity index (χ0v) is 15.8. The molecular weight excluding hydrogens is 300 g/mol. The summed E-state index contributed by atoms with van der Waals surface area (Å²) in [6.07, 6.45) is 7.76. The van der Waals surface area contributed by atoms with Crippen LogP contribution in [-0.2, 0) is 9.53 Å². The molecule has 0 heterocycles. The molecule has 1 atom stereocenters. The molecule has 0 aliphatic heterocycles. The monoisotopic (exact) mass is 332 g/mol. The highest BCUT2D eigenvalue weighted by molar-refractivity contribution is 5.87. The van der Waals surface area contributed by atoms with Crippen molar-refractivity contribution >= 4 is 12.0 Å². The van der Waals surface area contributed by atoms with Crippen LogP contribution >= 0.6 is 0 Å². The van der Waals surface area contributed by atoms with Crippen LogP contribution in [-0.4, -0.2) is 18.2 Å². The van der Waals surface area contributed by atoms with Crippen LogP contribution in [0.25, 0.3) is 6.08 Å². The van der Waals surface area contributed by atoms with Gasteiger partial charge in [0.2, 0.25) is 0 Å². The Kier molecular flexibility index (Phi) is 8.59. The van der Waals surface area contributed by atoms with Crippen molar-refractivity contribution < 1.29 is 14.3 Å². The second-order valence-electron chi connectivity index (χ2n) is 7.13. The average molecular weight is 332 g/mol. The van der Waals surface area contributed by atoms with E-state index in [2.05, 4.69) is 13.8 Å². The molecule has 0 N–H and O–H groups in total. The average Bonchev–Trinajstić information content (AvgIpc) is 2.53. The summed E-state index contributed by atoms with van der Waals surface area (Å²) < 4.78 is 11.3. The van der Waals surface area contributed by atoms with Gasteiger partial charge in [-0.25, -0.2) is 4.79 Å². The van der Waals surface area contributed by atoms with Crippen LogP contribution in [0.15, 0.2) is 30.3 Å². The third kappa shape index (κ3) is 8.19. The van der Waals surface area contributed by atoms with Crippen LogP contribution < -0.4 is 4.74 Å². The Morgan fingerprint density at radius 2 is 1.92 bits per heavy atom. The van der Waals surface area contributed by atoms with Gasteiger partial charge in [0.1, 0.15) is 11.4 Å². The van der Waals surface area contributed by atoms with Gasteiger partial charge in [-0.1, -0.05) is 51.3 Å². The second kappa shape index (κ2) is 10.2. The third-order valence-electron chi connectivity index (χ3n) is 3.74. The van der Waals surface area contributed by atoms with Crippen molar-refractivity contribution in [2.45, 2.75) is 65.9 Å². The van der Waals surface area contributed by atoms with Crippen molar-refractivity contribution in [3.8, 4) is 5.75 Å². The van der Waals surface area contributed by atoms with Crippen LogP contribution in [0.3, 0.4) is 0 Å². The van der Waals surface area contributed by atoms with E-state index in [0.717, 1.165) is 24.2 Å². The number of hydrogen-bond donors (Lipinski definition) is 0. The Bertz CT molecular complexity index is 526. The minimum Gasteiger partial charge on any atom is -0.488 e. The molecule has 0 saturated carbocycles. The molecule has 0 aliphatic carbocycles. The highest BCUT2D eigenvalue weighted by Gasteiger charge is 2.13. The lowest BCUT2D eigenvalue weighted by Crippen LogP contribution is -2.23. The standard InChI is InChI=1S/C21H32O3/c1-6-8-11-17(7-2)16-23-20(22)15-14-18-12-9-10-13-19(18)24-21(3,4)5/h9-10,12-15,17H,6-8,11,16H2,1-5H3. The van der Waals surface area contributed by atoms with Crippen LogP contribution in [0.1, 0.15) is 65.9 Å². The molecule has 1 rings (SSSR count). The van der Waals surface area contributed by atoms with Crippen molar-refractivity contribution in [3.05, 3.63) is 35.9 Å². The molecule has 1 aromatic rings. The largest absolute Gasteiger partial charge is 0.488 e. The van der Waals surface area contributed by atoms with E-state index in [1.54, 1.807) is 6.08 Å². The number of benzene rings is 1. The molecule has 0 radical (unpaired) electrons. The SMILES string of the molecule is CCCCC(CC)COC(=O)C=Cc1ccccc1OC(C)(C)C. The lowest BCUT2D eigenvalue weighted by Gasteiger charge is -2.22. The number of ether oxygens (including phenoxy) is 2. The first-order valence-electron chi connectivity index (χ1n) is 8.98. The summed E-state index contributed by atoms with van der Waals surface area (Å²) in [7, 11) is 0. The number of carbonyl (C=O) groups is 1. The van der Waals surface area contributed by atoms with E-state index >= 15 is 0 Å². The maximum absolute atomic E-state index is 12.0. The summed E-state index contributed by atoms with van der Waals surface area (Å²) in [4.78, 5) is 12.0. The van der Waals surface area contributed by atoms with E-state index < -0.39 is 0 Å². The number of rotatable bonds is 9. The molecule has 3 heteroatoms. The fourth-order valence-corrected chi connectivity index (χ4v) is 2.35. The van der Waals surface area contributed by atoms with Gasteiger partial charge in [0, 0.05) is 11.6 Å². The zero-order valence-electron chi connectivity index (χ0n) is 15.8. The van der Waals surface area contributed by atoms with E-state index in [1.807, 2.05) is 45.0 Å². The Morgan fingerprint density at radius 1 is 1.21 bits per heavy atom. The Hall–Kier alpha value is -1.77. The third-order valence-corrected chi connectivity index (χ3v) is 3.74. The summed E-state index contributed by atoms with van der Waals surface area (Å²) >= 11 is 0. The van der Waals surface area contributed by atoms with E-state index in [4.69, 9.17) is 9.47 Å². The molecule has 24 heavy (non-hydrogen) atoms. The van der Waals surface area contributed by atoms with Crippen molar-refractivity contribution in [1.29, 1.82) is 0 Å². The number of hydrogen-bond acceptors (Lipinski definition) is 3. The molecule has 0 saturated heterocycles. The fourth-order valence-electron chi connectivity index (χ4n) is 2.35. The van der Waals surface area contributed by atoms with Crippen LogP contribution in [0.5, 0.6) is 5.75 Å². The summed E-state index contributed by atoms with van der Waals surface area (Å²) in [6, 6.07) is 7.70. The molecule has 0 aromatic heterocycles. The van der Waals surface area contributed by atoms with Crippen molar-refractivity contribution in [1.82, 2.24) is 0 Å². The predicted octanol–water partition coefficient (Wildman–Crippen LogP) is 5.64. The summed E-state index contributed by atoms with van der Waals surface area (Å²) in [5.41, 5.74) is 0.598. The minimum absolute atomic E-state index is 0.280. The normalized spacial score (nSPS) is 13.0. The van der Waals surface area contributed by atoms with Gasteiger partial charge in [0.25, 0.3) is 0 Å². The molecule has 1 unspecified atom stereocenters. The van der Waals surface area contributed by atoms with Gasteiger partial charge in [-0.3, -0.25) is 0 Å². The molecule has 0 fully saturated rings. The topological polar surface area (TPSA) is 35.5 Å². The molecule has 0 amide bonds. The lowest BCUT2D eigenvalue weighted by atomic mass is 10.0. The van der Waals surface area contributed by atoms with Crippen LogP contribution in [0.4, 0.5) is 0 Å². The Morgan fingerprint density at radius 3 is 2.54 bits per heavy atom. The highest BCUT2D eigenvalue weighted by atomic mass is 16.5. The van der Waals surface area contributed by atoms with E-state index in [-0.39, 0.29) is 11.6 Å². The van der Waals surface area contributed by atoms with Gasteiger partial charge in [0.05, 0.1) is 6.61 Å². The van der Waals surface area contributed by atoms with Crippen LogP contribution in [0.2, 0.25) is 0 Å². The first kappa shape index (κ1) is 20.3. The fraction of sp³-hybridized carbons (Fsp3) is 0.571. The number of carbonyl (C=O) groups excluding carboxylic acids is 1. The predicted molar refractivity (Wildman–Crippen MR) is 100 cm³/mol. The minimum atomic E-state index is -0.296. The van der Waals surface area contributed by atoms with Gasteiger partial charge in [0.15, 0.2) is 0 Å². The number of unbranched alkanes of at least 4 members (excludes halogenated alkanes) is 1. The maximum atomic E-state index is 12.0. The second-order valence-corrected chi connectivity index (χ2v) is 7.13. The van der Waals surface area contributed by atoms with E-state index in [1.165, 1.54) is 18.9 Å². The smallest absolute Gasteiger partial charge is 0.330 e. The first-order chi connectivity index (χ1) is 11.4. The van der Waals surface area contributed by atoms with Gasteiger partial charge >= 0.3 is 5.97 Å². The summed E-state index contributed by atoms with van der Waals surface area (Å²) in [6.45, 7) is 10.8. The molecule has 0 aliphatic rings. The van der Waals surface area contributed by atoms with Crippen molar-refractivity contribution in [3.63, 3.8) is 0 Å². The first-order valence-corrected chi connectivity index (χ1v) is 8.98. The van der Waals surface area contributed by atoms with Crippen molar-refractivity contribution in [2.75, 3.05) is 6.61 Å². The summed E-state index contributed by atoms with van der Waals surface area (Å²) in [5, 5.41) is 0. The van der Waals surface area contributed by atoms with Crippen LogP contribution in [0, 0.1) is 5.92 Å². The lowest BCUT2D eigenvalue weighted by molar-refractivity contribution is -0.139. The van der Waals surface area contributed by atoms with Gasteiger partial charge in [-0.2, -0.15) is 0 Å². The number of para-hydroxylation sites is 1. The summed E-state index contributed by atoms with van der Waals surface area (Å²) in [5.74, 6) is 0.928.